The van der Waals surface area contributed by atoms with Crippen molar-refractivity contribution >= 4 is 43.7 Å². The highest BCUT2D eigenvalue weighted by Gasteiger charge is 2.23. The third-order valence-electron chi connectivity index (χ3n) is 11.8. The maximum Gasteiger partial charge on any atom is 0.160 e. The van der Waals surface area contributed by atoms with Crippen LogP contribution in [0.15, 0.2) is 223 Å². The van der Waals surface area contributed by atoms with Crippen LogP contribution < -0.4 is 0 Å². The average molecular weight is 793 g/mol. The first-order chi connectivity index (χ1) is 30.7. The molecule has 0 aliphatic carbocycles. The molecule has 0 radical (unpaired) electrons. The van der Waals surface area contributed by atoms with Gasteiger partial charge in [-0.2, -0.15) is 0 Å². The molecule has 0 saturated carbocycles. The van der Waals surface area contributed by atoms with Crippen molar-refractivity contribution in [1.82, 2.24) is 19.5 Å². The van der Waals surface area contributed by atoms with Crippen LogP contribution in [0.5, 0.6) is 0 Å². The van der Waals surface area contributed by atoms with Crippen molar-refractivity contribution < 1.29 is 4.42 Å². The smallest absolute Gasteiger partial charge is 0.160 e. The molecule has 0 saturated heterocycles. The minimum absolute atomic E-state index is 0.634. The van der Waals surface area contributed by atoms with E-state index in [-0.39, 0.29) is 0 Å². The molecule has 290 valence electrons. The highest BCUT2D eigenvalue weighted by molar-refractivity contribution is 6.27. The Hall–Kier alpha value is -8.41. The SMILES string of the molecule is c1ccc(-c2cc(-c3ccccc3)nc(-c3cc(-c4nc(-c5ccccc5)cc(-c5ccccc5)n4)ccc3-n3c4ccccc4c4c5c(ccc43)oc3ccccc35)c2)cc1. The average Bonchev–Trinajstić information content (AvgIpc) is 3.90. The zero-order valence-corrected chi connectivity index (χ0v) is 33.5. The first-order valence-electron chi connectivity index (χ1n) is 20.8. The monoisotopic (exact) mass is 792 g/mol. The molecule has 5 heteroatoms. The lowest BCUT2D eigenvalue weighted by Gasteiger charge is -2.17. The Morgan fingerprint density at radius 1 is 0.323 bits per heavy atom. The summed E-state index contributed by atoms with van der Waals surface area (Å²) in [6, 6.07) is 76.0. The summed E-state index contributed by atoms with van der Waals surface area (Å²) in [4.78, 5) is 16.0. The van der Waals surface area contributed by atoms with Crippen LogP contribution in [-0.2, 0) is 0 Å². The van der Waals surface area contributed by atoms with Crippen LogP contribution in [0.3, 0.4) is 0 Å². The lowest BCUT2D eigenvalue weighted by atomic mass is 9.98. The number of hydrogen-bond acceptors (Lipinski definition) is 4. The predicted octanol–water partition coefficient (Wildman–Crippen LogP) is 14.9. The number of para-hydroxylation sites is 2. The lowest BCUT2D eigenvalue weighted by Crippen LogP contribution is -2.01. The summed E-state index contributed by atoms with van der Waals surface area (Å²) in [5.74, 6) is 0.634. The molecule has 0 N–H and O–H groups in total. The molecule has 0 atom stereocenters. The molecular weight excluding hydrogens is 757 g/mol. The van der Waals surface area contributed by atoms with E-state index in [0.29, 0.717) is 5.82 Å². The van der Waals surface area contributed by atoms with Gasteiger partial charge in [0.15, 0.2) is 5.82 Å². The Morgan fingerprint density at radius 2 is 0.871 bits per heavy atom. The van der Waals surface area contributed by atoms with Crippen molar-refractivity contribution in [1.29, 1.82) is 0 Å². The molecule has 0 spiro atoms. The Morgan fingerprint density at radius 3 is 1.53 bits per heavy atom. The molecule has 4 heterocycles. The quantitative estimate of drug-likeness (QED) is 0.161. The van der Waals surface area contributed by atoms with E-state index >= 15 is 0 Å². The van der Waals surface area contributed by atoms with Crippen molar-refractivity contribution in [3.05, 3.63) is 218 Å². The molecule has 0 amide bonds. The van der Waals surface area contributed by atoms with Gasteiger partial charge in [-0.3, -0.25) is 0 Å². The van der Waals surface area contributed by atoms with Gasteiger partial charge in [-0.1, -0.05) is 158 Å². The third-order valence-corrected chi connectivity index (χ3v) is 11.8. The van der Waals surface area contributed by atoms with Gasteiger partial charge in [0, 0.05) is 49.4 Å². The molecule has 0 aliphatic heterocycles. The van der Waals surface area contributed by atoms with E-state index in [1.165, 1.54) is 0 Å². The van der Waals surface area contributed by atoms with Gasteiger partial charge in [0.2, 0.25) is 0 Å². The Bertz CT molecular complexity index is 3500. The number of nitrogens with zero attached hydrogens (tertiary/aromatic N) is 4. The summed E-state index contributed by atoms with van der Waals surface area (Å²) in [6.07, 6.45) is 0. The number of fused-ring (bicyclic) bond motifs is 7. The van der Waals surface area contributed by atoms with Crippen molar-refractivity contribution in [2.24, 2.45) is 0 Å². The Balaban J connectivity index is 1.17. The van der Waals surface area contributed by atoms with Gasteiger partial charge in [0.1, 0.15) is 11.2 Å². The normalized spacial score (nSPS) is 11.5. The van der Waals surface area contributed by atoms with E-state index in [0.717, 1.165) is 111 Å². The highest BCUT2D eigenvalue weighted by Crippen LogP contribution is 2.44. The lowest BCUT2D eigenvalue weighted by molar-refractivity contribution is 0.669. The van der Waals surface area contributed by atoms with Gasteiger partial charge in [-0.15, -0.1) is 0 Å². The molecule has 0 aliphatic rings. The van der Waals surface area contributed by atoms with E-state index in [4.69, 9.17) is 19.4 Å². The summed E-state index contributed by atoms with van der Waals surface area (Å²) in [5.41, 5.74) is 15.5. The zero-order valence-electron chi connectivity index (χ0n) is 33.5. The largest absolute Gasteiger partial charge is 0.456 e. The first-order valence-corrected chi connectivity index (χ1v) is 20.8. The van der Waals surface area contributed by atoms with Crippen molar-refractivity contribution in [3.63, 3.8) is 0 Å². The number of benzene rings is 8. The number of pyridine rings is 1. The van der Waals surface area contributed by atoms with Crippen LogP contribution in [0, 0.1) is 0 Å². The maximum atomic E-state index is 6.44. The van der Waals surface area contributed by atoms with E-state index < -0.39 is 0 Å². The van der Waals surface area contributed by atoms with Gasteiger partial charge in [0.05, 0.1) is 39.5 Å². The predicted molar refractivity (Wildman–Crippen MR) is 254 cm³/mol. The molecule has 12 aromatic rings. The fourth-order valence-electron chi connectivity index (χ4n) is 8.92. The minimum atomic E-state index is 0.634. The van der Waals surface area contributed by atoms with Gasteiger partial charge in [0.25, 0.3) is 0 Å². The van der Waals surface area contributed by atoms with Gasteiger partial charge in [-0.25, -0.2) is 15.0 Å². The third kappa shape index (κ3) is 6.06. The summed E-state index contributed by atoms with van der Waals surface area (Å²) in [6.45, 7) is 0. The van der Waals surface area contributed by atoms with Crippen molar-refractivity contribution in [2.45, 2.75) is 0 Å². The highest BCUT2D eigenvalue weighted by atomic mass is 16.3. The summed E-state index contributed by atoms with van der Waals surface area (Å²) < 4.78 is 8.83. The number of hydrogen-bond donors (Lipinski definition) is 0. The van der Waals surface area contributed by atoms with Gasteiger partial charge in [-0.05, 0) is 71.8 Å². The van der Waals surface area contributed by atoms with Crippen LogP contribution in [0.1, 0.15) is 0 Å². The number of rotatable bonds is 7. The molecule has 0 fully saturated rings. The fraction of sp³-hybridized carbons (Fsp3) is 0. The van der Waals surface area contributed by atoms with Crippen LogP contribution in [0.2, 0.25) is 0 Å². The van der Waals surface area contributed by atoms with E-state index in [1.807, 2.05) is 54.6 Å². The molecule has 8 aromatic carbocycles. The second-order valence-corrected chi connectivity index (χ2v) is 15.6. The molecule has 5 nitrogen and oxygen atoms in total. The van der Waals surface area contributed by atoms with Gasteiger partial charge >= 0.3 is 0 Å². The topological polar surface area (TPSA) is 56.7 Å². The molecule has 62 heavy (non-hydrogen) atoms. The van der Waals surface area contributed by atoms with Crippen molar-refractivity contribution in [3.8, 4) is 73.2 Å². The first kappa shape index (κ1) is 35.5. The molecule has 4 aromatic heterocycles. The van der Waals surface area contributed by atoms with Crippen molar-refractivity contribution in [2.75, 3.05) is 0 Å². The summed E-state index contributed by atoms with van der Waals surface area (Å²) in [7, 11) is 0. The standard InChI is InChI=1S/C57H36N4O/c1-5-17-37(18-6-1)42-34-46(38-19-7-2-8-20-38)58-49(35-42)45-33-41(57-59-47(39-21-9-3-10-22-39)36-48(60-57)40-23-11-4-12-24-40)29-30-51(45)61-50-27-15-13-25-43(50)55-52(61)31-32-54-56(55)44-26-14-16-28-53(44)62-54/h1-36H. The number of furan rings is 1. The maximum absolute atomic E-state index is 6.44. The summed E-state index contributed by atoms with van der Waals surface area (Å²) in [5, 5.41) is 4.51. The molecular formula is C57H36N4O. The summed E-state index contributed by atoms with van der Waals surface area (Å²) >= 11 is 0. The van der Waals surface area contributed by atoms with E-state index in [1.54, 1.807) is 0 Å². The van der Waals surface area contributed by atoms with Gasteiger partial charge < -0.3 is 8.98 Å². The van der Waals surface area contributed by atoms with Crippen LogP contribution in [-0.4, -0.2) is 19.5 Å². The second-order valence-electron chi connectivity index (χ2n) is 15.6. The second kappa shape index (κ2) is 14.7. The minimum Gasteiger partial charge on any atom is -0.456 e. The number of aromatic nitrogens is 4. The van der Waals surface area contributed by atoms with Crippen LogP contribution in [0.4, 0.5) is 0 Å². The van der Waals surface area contributed by atoms with Crippen LogP contribution >= 0.6 is 0 Å². The Kier molecular flexibility index (Phi) is 8.42. The fourth-order valence-corrected chi connectivity index (χ4v) is 8.92. The van der Waals surface area contributed by atoms with E-state index in [2.05, 4.69) is 168 Å². The molecule has 0 bridgehead atoms. The van der Waals surface area contributed by atoms with E-state index in [9.17, 15) is 0 Å². The molecule has 0 unspecified atom stereocenters. The zero-order chi connectivity index (χ0) is 41.0. The Labute approximate surface area is 357 Å². The molecule has 12 rings (SSSR count). The van der Waals surface area contributed by atoms with Crippen LogP contribution in [0.25, 0.3) is 117 Å².